The molecule has 1 unspecified atom stereocenters. The second-order valence-corrected chi connectivity index (χ2v) is 4.27. The van der Waals surface area contributed by atoms with Gasteiger partial charge in [0.25, 0.3) is 0 Å². The predicted octanol–water partition coefficient (Wildman–Crippen LogP) is 2.78. The van der Waals surface area contributed by atoms with Gasteiger partial charge in [-0.15, -0.1) is 0 Å². The molecule has 0 amide bonds. The standard InChI is InChI=1S/C14H14FNO/c1-10-8-12(15)5-6-13(10)14(2,17)11-4-3-7-16-9-11/h3-9,17H,1-2H3. The topological polar surface area (TPSA) is 33.1 Å². The van der Waals surface area contributed by atoms with Gasteiger partial charge in [-0.2, -0.15) is 0 Å². The summed E-state index contributed by atoms with van der Waals surface area (Å²) in [5, 5.41) is 10.6. The lowest BCUT2D eigenvalue weighted by Crippen LogP contribution is -2.24. The van der Waals surface area contributed by atoms with Crippen LogP contribution in [0, 0.1) is 12.7 Å². The van der Waals surface area contributed by atoms with E-state index in [9.17, 15) is 9.50 Å². The fraction of sp³-hybridized carbons (Fsp3) is 0.214. The molecule has 1 aromatic carbocycles. The first kappa shape index (κ1) is 11.7. The lowest BCUT2D eigenvalue weighted by Gasteiger charge is -2.25. The highest BCUT2D eigenvalue weighted by molar-refractivity contribution is 5.38. The molecule has 88 valence electrons. The number of aromatic nitrogens is 1. The van der Waals surface area contributed by atoms with Crippen LogP contribution >= 0.6 is 0 Å². The Balaban J connectivity index is 2.52. The highest BCUT2D eigenvalue weighted by Crippen LogP contribution is 2.30. The second-order valence-electron chi connectivity index (χ2n) is 4.27. The van der Waals surface area contributed by atoms with Gasteiger partial charge in [0.05, 0.1) is 0 Å². The summed E-state index contributed by atoms with van der Waals surface area (Å²) in [4.78, 5) is 3.99. The van der Waals surface area contributed by atoms with Crippen LogP contribution in [0.5, 0.6) is 0 Å². The summed E-state index contributed by atoms with van der Waals surface area (Å²) < 4.78 is 13.0. The van der Waals surface area contributed by atoms with Crippen LogP contribution in [0.15, 0.2) is 42.7 Å². The summed E-state index contributed by atoms with van der Waals surface area (Å²) >= 11 is 0. The van der Waals surface area contributed by atoms with Crippen molar-refractivity contribution in [1.82, 2.24) is 4.98 Å². The van der Waals surface area contributed by atoms with Crippen LogP contribution in [0.2, 0.25) is 0 Å². The highest BCUT2D eigenvalue weighted by Gasteiger charge is 2.27. The van der Waals surface area contributed by atoms with Crippen LogP contribution in [-0.4, -0.2) is 10.1 Å². The van der Waals surface area contributed by atoms with Crippen molar-refractivity contribution in [2.45, 2.75) is 19.4 Å². The molecule has 1 heterocycles. The van der Waals surface area contributed by atoms with Crippen LogP contribution in [0.25, 0.3) is 0 Å². The number of pyridine rings is 1. The number of rotatable bonds is 2. The van der Waals surface area contributed by atoms with E-state index in [1.54, 1.807) is 44.4 Å². The van der Waals surface area contributed by atoms with Gasteiger partial charge >= 0.3 is 0 Å². The van der Waals surface area contributed by atoms with E-state index < -0.39 is 5.60 Å². The number of benzene rings is 1. The maximum Gasteiger partial charge on any atom is 0.123 e. The Morgan fingerprint density at radius 3 is 2.65 bits per heavy atom. The van der Waals surface area contributed by atoms with Gasteiger partial charge in [0.2, 0.25) is 0 Å². The Morgan fingerprint density at radius 2 is 2.06 bits per heavy atom. The third-order valence-corrected chi connectivity index (χ3v) is 2.94. The summed E-state index contributed by atoms with van der Waals surface area (Å²) in [6.07, 6.45) is 3.26. The fourth-order valence-corrected chi connectivity index (χ4v) is 1.98. The molecule has 17 heavy (non-hydrogen) atoms. The molecule has 1 N–H and O–H groups in total. The van der Waals surface area contributed by atoms with Gasteiger partial charge in [0.1, 0.15) is 11.4 Å². The zero-order valence-electron chi connectivity index (χ0n) is 9.81. The van der Waals surface area contributed by atoms with Gasteiger partial charge in [-0.05, 0) is 43.2 Å². The van der Waals surface area contributed by atoms with Gasteiger partial charge in [-0.3, -0.25) is 4.98 Å². The molecular weight excluding hydrogens is 217 g/mol. The Bertz CT molecular complexity index is 523. The van der Waals surface area contributed by atoms with Crippen molar-refractivity contribution in [3.63, 3.8) is 0 Å². The molecule has 2 nitrogen and oxygen atoms in total. The maximum atomic E-state index is 13.0. The van der Waals surface area contributed by atoms with Crippen molar-refractivity contribution in [3.8, 4) is 0 Å². The molecule has 3 heteroatoms. The zero-order chi connectivity index (χ0) is 12.5. The van der Waals surface area contributed by atoms with Crippen LogP contribution in [-0.2, 0) is 5.60 Å². The van der Waals surface area contributed by atoms with E-state index >= 15 is 0 Å². The van der Waals surface area contributed by atoms with Gasteiger partial charge in [-0.25, -0.2) is 4.39 Å². The zero-order valence-corrected chi connectivity index (χ0v) is 9.81. The SMILES string of the molecule is Cc1cc(F)ccc1C(C)(O)c1cccnc1. The monoisotopic (exact) mass is 231 g/mol. The third kappa shape index (κ3) is 2.19. The van der Waals surface area contributed by atoms with E-state index in [4.69, 9.17) is 0 Å². The van der Waals surface area contributed by atoms with Crippen LogP contribution in [0.3, 0.4) is 0 Å². The minimum absolute atomic E-state index is 0.298. The van der Waals surface area contributed by atoms with E-state index in [1.165, 1.54) is 12.1 Å². The lowest BCUT2D eigenvalue weighted by atomic mass is 9.86. The molecule has 1 aromatic heterocycles. The third-order valence-electron chi connectivity index (χ3n) is 2.94. The van der Waals surface area contributed by atoms with E-state index in [1.807, 2.05) is 0 Å². The number of aryl methyl sites for hydroxylation is 1. The first-order chi connectivity index (χ1) is 8.01. The first-order valence-electron chi connectivity index (χ1n) is 5.41. The van der Waals surface area contributed by atoms with Crippen molar-refractivity contribution in [2.75, 3.05) is 0 Å². The largest absolute Gasteiger partial charge is 0.381 e. The number of halogens is 1. The van der Waals surface area contributed by atoms with Crippen molar-refractivity contribution >= 4 is 0 Å². The quantitative estimate of drug-likeness (QED) is 0.862. The molecule has 0 fully saturated rings. The van der Waals surface area contributed by atoms with Crippen LogP contribution in [0.4, 0.5) is 4.39 Å². The molecule has 0 spiro atoms. The molecule has 0 aliphatic carbocycles. The van der Waals surface area contributed by atoms with Crippen LogP contribution in [0.1, 0.15) is 23.6 Å². The number of aliphatic hydroxyl groups is 1. The van der Waals surface area contributed by atoms with E-state index in [0.29, 0.717) is 11.1 Å². The Labute approximate surface area is 99.8 Å². The molecule has 0 radical (unpaired) electrons. The Morgan fingerprint density at radius 1 is 1.29 bits per heavy atom. The van der Waals surface area contributed by atoms with Crippen molar-refractivity contribution in [2.24, 2.45) is 0 Å². The molecule has 1 atom stereocenters. The highest BCUT2D eigenvalue weighted by atomic mass is 19.1. The summed E-state index contributed by atoms with van der Waals surface area (Å²) in [5.74, 6) is -0.298. The van der Waals surface area contributed by atoms with Crippen molar-refractivity contribution in [1.29, 1.82) is 0 Å². The number of hydrogen-bond acceptors (Lipinski definition) is 2. The molecule has 2 aromatic rings. The molecule has 0 saturated carbocycles. The lowest BCUT2D eigenvalue weighted by molar-refractivity contribution is 0.101. The van der Waals surface area contributed by atoms with E-state index in [2.05, 4.69) is 4.98 Å². The first-order valence-corrected chi connectivity index (χ1v) is 5.41. The smallest absolute Gasteiger partial charge is 0.123 e. The molecule has 0 aliphatic rings. The Hall–Kier alpha value is -1.74. The number of nitrogens with zero attached hydrogens (tertiary/aromatic N) is 1. The fourth-order valence-electron chi connectivity index (χ4n) is 1.98. The van der Waals surface area contributed by atoms with Crippen LogP contribution < -0.4 is 0 Å². The van der Waals surface area contributed by atoms with Crippen molar-refractivity contribution < 1.29 is 9.50 Å². The molecular formula is C14H14FNO. The summed E-state index contributed by atoms with van der Waals surface area (Å²) in [5.41, 5.74) is 0.937. The molecule has 0 aliphatic heterocycles. The van der Waals surface area contributed by atoms with Gasteiger partial charge < -0.3 is 5.11 Å². The normalized spacial score (nSPS) is 14.4. The molecule has 0 saturated heterocycles. The van der Waals surface area contributed by atoms with Gasteiger partial charge in [0, 0.05) is 18.0 Å². The average Bonchev–Trinajstić information content (AvgIpc) is 2.29. The van der Waals surface area contributed by atoms with E-state index in [-0.39, 0.29) is 5.82 Å². The second kappa shape index (κ2) is 4.26. The number of hydrogen-bond donors (Lipinski definition) is 1. The Kier molecular flexibility index (Phi) is 2.94. The minimum atomic E-state index is -1.16. The average molecular weight is 231 g/mol. The summed E-state index contributed by atoms with van der Waals surface area (Å²) in [7, 11) is 0. The predicted molar refractivity (Wildman–Crippen MR) is 64.0 cm³/mol. The minimum Gasteiger partial charge on any atom is -0.381 e. The maximum absolute atomic E-state index is 13.0. The molecule has 2 rings (SSSR count). The van der Waals surface area contributed by atoms with Gasteiger partial charge in [-0.1, -0.05) is 12.1 Å². The van der Waals surface area contributed by atoms with Gasteiger partial charge in [0.15, 0.2) is 0 Å². The summed E-state index contributed by atoms with van der Waals surface area (Å²) in [6.45, 7) is 3.47. The van der Waals surface area contributed by atoms with E-state index in [0.717, 1.165) is 5.56 Å². The van der Waals surface area contributed by atoms with Crippen molar-refractivity contribution in [3.05, 3.63) is 65.2 Å². The summed E-state index contributed by atoms with van der Waals surface area (Å²) in [6, 6.07) is 7.95. The molecule has 0 bridgehead atoms.